The summed E-state index contributed by atoms with van der Waals surface area (Å²) in [4.78, 5) is 23.1. The van der Waals surface area contributed by atoms with Crippen LogP contribution in [0.1, 0.15) is 21.8 Å². The van der Waals surface area contributed by atoms with Crippen molar-refractivity contribution in [1.82, 2.24) is 15.5 Å². The molecule has 0 spiro atoms. The molecule has 0 unspecified atom stereocenters. The predicted octanol–water partition coefficient (Wildman–Crippen LogP) is 1.20. The molecule has 0 aromatic carbocycles. The third kappa shape index (κ3) is 3.88. The molecule has 2 heterocycles. The Bertz CT molecular complexity index is 564. The average Bonchev–Trinajstić information content (AvgIpc) is 3.00. The summed E-state index contributed by atoms with van der Waals surface area (Å²) in [5.41, 5.74) is 0.431. The van der Waals surface area contributed by atoms with E-state index in [0.717, 1.165) is 5.01 Å². The van der Waals surface area contributed by atoms with Crippen molar-refractivity contribution < 1.29 is 14.0 Å². The molecule has 2 amide bonds. The zero-order valence-electron chi connectivity index (χ0n) is 10.2. The standard InChI is InChI=1S/C11H12N4O3S/c1-7-14-15-11(19-7)13-9(16)2-4-12-10(17)8-3-5-18-6-8/h3,5-6H,2,4H2,1H3,(H,12,17)(H,13,15,16). The smallest absolute Gasteiger partial charge is 0.254 e. The maximum Gasteiger partial charge on any atom is 0.254 e. The van der Waals surface area contributed by atoms with Crippen molar-refractivity contribution in [2.75, 3.05) is 11.9 Å². The second kappa shape index (κ2) is 6.10. The Hall–Kier alpha value is -2.22. The topological polar surface area (TPSA) is 97.1 Å². The van der Waals surface area contributed by atoms with Gasteiger partial charge in [0.1, 0.15) is 11.3 Å². The molecule has 0 atom stereocenters. The van der Waals surface area contributed by atoms with E-state index < -0.39 is 0 Å². The minimum atomic E-state index is -0.270. The summed E-state index contributed by atoms with van der Waals surface area (Å²) in [6.45, 7) is 2.05. The maximum atomic E-state index is 11.5. The van der Waals surface area contributed by atoms with Crippen LogP contribution in [0.4, 0.5) is 5.13 Å². The Morgan fingerprint density at radius 3 is 2.89 bits per heavy atom. The van der Waals surface area contributed by atoms with Crippen LogP contribution in [0.3, 0.4) is 0 Å². The number of amides is 2. The number of hydrogen-bond acceptors (Lipinski definition) is 6. The zero-order valence-corrected chi connectivity index (χ0v) is 11.0. The molecule has 8 heteroatoms. The highest BCUT2D eigenvalue weighted by Crippen LogP contribution is 2.13. The van der Waals surface area contributed by atoms with Gasteiger partial charge in [0.2, 0.25) is 11.0 Å². The maximum absolute atomic E-state index is 11.5. The van der Waals surface area contributed by atoms with E-state index in [-0.39, 0.29) is 24.8 Å². The molecule has 0 radical (unpaired) electrons. The van der Waals surface area contributed by atoms with Crippen molar-refractivity contribution in [3.05, 3.63) is 29.2 Å². The van der Waals surface area contributed by atoms with E-state index >= 15 is 0 Å². The number of nitrogens with one attached hydrogen (secondary N) is 2. The molecule has 2 N–H and O–H groups in total. The molecule has 19 heavy (non-hydrogen) atoms. The fraction of sp³-hybridized carbons (Fsp3) is 0.273. The van der Waals surface area contributed by atoms with Crippen LogP contribution < -0.4 is 10.6 Å². The van der Waals surface area contributed by atoms with Crippen LogP contribution in [0.25, 0.3) is 0 Å². The summed E-state index contributed by atoms with van der Waals surface area (Å²) in [5.74, 6) is -0.489. The molecule has 0 aliphatic rings. The number of nitrogens with zero attached hydrogens (tertiary/aromatic N) is 2. The molecule has 0 saturated heterocycles. The van der Waals surface area contributed by atoms with Crippen LogP contribution in [-0.4, -0.2) is 28.6 Å². The highest BCUT2D eigenvalue weighted by atomic mass is 32.1. The Morgan fingerprint density at radius 1 is 1.42 bits per heavy atom. The monoisotopic (exact) mass is 280 g/mol. The lowest BCUT2D eigenvalue weighted by atomic mass is 10.3. The quantitative estimate of drug-likeness (QED) is 0.857. The summed E-state index contributed by atoms with van der Waals surface area (Å²) >= 11 is 1.30. The fourth-order valence-electron chi connectivity index (χ4n) is 1.31. The Morgan fingerprint density at radius 2 is 2.26 bits per heavy atom. The van der Waals surface area contributed by atoms with Gasteiger partial charge in [-0.1, -0.05) is 11.3 Å². The van der Waals surface area contributed by atoms with Crippen molar-refractivity contribution >= 4 is 28.3 Å². The van der Waals surface area contributed by atoms with Crippen molar-refractivity contribution in [2.24, 2.45) is 0 Å². The Kier molecular flexibility index (Phi) is 4.24. The summed E-state index contributed by atoms with van der Waals surface area (Å²) in [7, 11) is 0. The van der Waals surface area contributed by atoms with Crippen LogP contribution >= 0.6 is 11.3 Å². The van der Waals surface area contributed by atoms with Gasteiger partial charge in [0.05, 0.1) is 11.8 Å². The first kappa shape index (κ1) is 13.2. The molecule has 0 saturated carbocycles. The first-order chi connectivity index (χ1) is 9.15. The Balaban J connectivity index is 1.71. The van der Waals surface area contributed by atoms with Gasteiger partial charge >= 0.3 is 0 Å². The molecular formula is C11H12N4O3S. The molecule has 0 aliphatic heterocycles. The van der Waals surface area contributed by atoms with E-state index in [0.29, 0.717) is 10.7 Å². The van der Waals surface area contributed by atoms with Gasteiger partial charge in [0, 0.05) is 13.0 Å². The van der Waals surface area contributed by atoms with Crippen molar-refractivity contribution in [3.8, 4) is 0 Å². The number of furan rings is 1. The number of carbonyl (C=O) groups is 2. The molecular weight excluding hydrogens is 268 g/mol. The highest BCUT2D eigenvalue weighted by Gasteiger charge is 2.09. The number of anilines is 1. The van der Waals surface area contributed by atoms with Gasteiger partial charge in [-0.3, -0.25) is 9.59 Å². The molecule has 100 valence electrons. The minimum Gasteiger partial charge on any atom is -0.472 e. The number of aryl methyl sites for hydroxylation is 1. The van der Waals surface area contributed by atoms with Gasteiger partial charge < -0.3 is 15.1 Å². The van der Waals surface area contributed by atoms with Crippen molar-refractivity contribution in [1.29, 1.82) is 0 Å². The molecule has 0 bridgehead atoms. The van der Waals surface area contributed by atoms with Gasteiger partial charge in [-0.25, -0.2) is 0 Å². The molecule has 2 rings (SSSR count). The SMILES string of the molecule is Cc1nnc(NC(=O)CCNC(=O)c2ccoc2)s1. The lowest BCUT2D eigenvalue weighted by molar-refractivity contribution is -0.116. The lowest BCUT2D eigenvalue weighted by Gasteiger charge is -2.03. The molecule has 2 aromatic rings. The van der Waals surface area contributed by atoms with Crippen LogP contribution in [0.5, 0.6) is 0 Å². The van der Waals surface area contributed by atoms with E-state index in [9.17, 15) is 9.59 Å². The summed E-state index contributed by atoms with van der Waals surface area (Å²) in [6, 6.07) is 1.55. The number of carbonyl (C=O) groups excluding carboxylic acids is 2. The molecule has 0 aliphatic carbocycles. The normalized spacial score (nSPS) is 10.2. The number of rotatable bonds is 5. The van der Waals surface area contributed by atoms with Crippen LogP contribution in [0.2, 0.25) is 0 Å². The van der Waals surface area contributed by atoms with E-state index in [2.05, 4.69) is 20.8 Å². The van der Waals surface area contributed by atoms with E-state index in [1.54, 1.807) is 13.0 Å². The molecule has 7 nitrogen and oxygen atoms in total. The highest BCUT2D eigenvalue weighted by molar-refractivity contribution is 7.15. The molecule has 2 aromatic heterocycles. The van der Waals surface area contributed by atoms with E-state index in [4.69, 9.17) is 4.42 Å². The minimum absolute atomic E-state index is 0.169. The summed E-state index contributed by atoms with van der Waals surface area (Å²) in [5, 5.41) is 14.0. The molecule has 0 fully saturated rings. The van der Waals surface area contributed by atoms with Gasteiger partial charge in [-0.15, -0.1) is 10.2 Å². The van der Waals surface area contributed by atoms with Gasteiger partial charge in [-0.2, -0.15) is 0 Å². The first-order valence-electron chi connectivity index (χ1n) is 5.55. The third-order valence-corrected chi connectivity index (χ3v) is 2.95. The number of hydrogen-bond donors (Lipinski definition) is 2. The van der Waals surface area contributed by atoms with Crippen LogP contribution in [0.15, 0.2) is 23.0 Å². The zero-order chi connectivity index (χ0) is 13.7. The second-order valence-corrected chi connectivity index (χ2v) is 4.87. The summed E-state index contributed by atoms with van der Waals surface area (Å²) in [6.07, 6.45) is 2.93. The average molecular weight is 280 g/mol. The van der Waals surface area contributed by atoms with Gasteiger partial charge in [-0.05, 0) is 13.0 Å². The lowest BCUT2D eigenvalue weighted by Crippen LogP contribution is -2.27. The second-order valence-electron chi connectivity index (χ2n) is 3.69. The Labute approximate surface area is 113 Å². The third-order valence-electron chi connectivity index (χ3n) is 2.19. The van der Waals surface area contributed by atoms with Crippen LogP contribution in [0, 0.1) is 6.92 Å². The predicted molar refractivity (Wildman–Crippen MR) is 68.9 cm³/mol. The van der Waals surface area contributed by atoms with Crippen LogP contribution in [-0.2, 0) is 4.79 Å². The van der Waals surface area contributed by atoms with Crippen molar-refractivity contribution in [2.45, 2.75) is 13.3 Å². The first-order valence-corrected chi connectivity index (χ1v) is 6.37. The van der Waals surface area contributed by atoms with E-state index in [1.807, 2.05) is 0 Å². The van der Waals surface area contributed by atoms with Gasteiger partial charge in [0.15, 0.2) is 0 Å². The van der Waals surface area contributed by atoms with E-state index in [1.165, 1.54) is 23.9 Å². The van der Waals surface area contributed by atoms with Gasteiger partial charge in [0.25, 0.3) is 5.91 Å². The fourth-order valence-corrected chi connectivity index (χ4v) is 1.92. The number of aromatic nitrogens is 2. The van der Waals surface area contributed by atoms with Crippen molar-refractivity contribution in [3.63, 3.8) is 0 Å². The summed E-state index contributed by atoms with van der Waals surface area (Å²) < 4.78 is 4.79. The largest absolute Gasteiger partial charge is 0.472 e.